The van der Waals surface area contributed by atoms with Crippen LogP contribution in [0.15, 0.2) is 34.8 Å². The van der Waals surface area contributed by atoms with Crippen LogP contribution < -0.4 is 14.8 Å². The van der Waals surface area contributed by atoms with Gasteiger partial charge in [0.2, 0.25) is 0 Å². The molecule has 0 radical (unpaired) electrons. The van der Waals surface area contributed by atoms with Crippen LogP contribution in [0.25, 0.3) is 6.08 Å². The van der Waals surface area contributed by atoms with E-state index in [0.717, 1.165) is 5.57 Å². The minimum atomic E-state index is -0.494. The molecule has 0 aromatic heterocycles. The third-order valence-corrected chi connectivity index (χ3v) is 4.63. The summed E-state index contributed by atoms with van der Waals surface area (Å²) in [4.78, 5) is 23.7. The molecule has 132 valence electrons. The minimum absolute atomic E-state index is 0.204. The highest BCUT2D eigenvalue weighted by Gasteiger charge is 2.23. The number of para-hydroxylation sites is 1. The number of rotatable bonds is 6. The van der Waals surface area contributed by atoms with Gasteiger partial charge in [-0.3, -0.25) is 4.79 Å². The van der Waals surface area contributed by atoms with Gasteiger partial charge in [0.1, 0.15) is 4.32 Å². The number of amides is 1. The molecular formula is C17H17NO5S2. The summed E-state index contributed by atoms with van der Waals surface area (Å²) in [5.74, 6) is 0.214. The van der Waals surface area contributed by atoms with E-state index < -0.39 is 5.97 Å². The Labute approximate surface area is 155 Å². The number of allylic oxidation sites excluding steroid dienone is 2. The van der Waals surface area contributed by atoms with Crippen LogP contribution in [0.3, 0.4) is 0 Å². The molecule has 0 spiro atoms. The van der Waals surface area contributed by atoms with E-state index in [2.05, 4.69) is 10.1 Å². The number of thioether (sulfide) groups is 1. The van der Waals surface area contributed by atoms with E-state index in [1.165, 1.54) is 26.0 Å². The maximum absolute atomic E-state index is 11.8. The summed E-state index contributed by atoms with van der Waals surface area (Å²) in [7, 11) is 2.81. The number of carbonyl (C=O) groups excluding carboxylic acids is 2. The van der Waals surface area contributed by atoms with E-state index in [0.29, 0.717) is 26.3 Å². The number of hydrogen-bond acceptors (Lipinski definition) is 7. The van der Waals surface area contributed by atoms with Crippen LogP contribution >= 0.6 is 24.0 Å². The quantitative estimate of drug-likeness (QED) is 0.463. The highest BCUT2D eigenvalue weighted by Crippen LogP contribution is 2.33. The molecule has 1 fully saturated rings. The largest absolute Gasteiger partial charge is 0.493 e. The second-order valence-electron chi connectivity index (χ2n) is 4.93. The Bertz CT molecular complexity index is 770. The van der Waals surface area contributed by atoms with Gasteiger partial charge in [0.15, 0.2) is 18.1 Å². The fourth-order valence-corrected chi connectivity index (χ4v) is 3.08. The second-order valence-corrected chi connectivity index (χ2v) is 6.62. The lowest BCUT2D eigenvalue weighted by Gasteiger charge is -2.12. The van der Waals surface area contributed by atoms with Crippen LogP contribution in [-0.4, -0.2) is 37.0 Å². The number of ether oxygens (including phenoxy) is 3. The van der Waals surface area contributed by atoms with Crippen LogP contribution in [0, 0.1) is 0 Å². The number of nitrogens with one attached hydrogen (secondary N) is 1. The molecule has 1 aromatic rings. The maximum atomic E-state index is 11.8. The molecule has 1 heterocycles. The molecule has 8 heteroatoms. The van der Waals surface area contributed by atoms with Crippen LogP contribution in [0.1, 0.15) is 12.5 Å². The summed E-state index contributed by atoms with van der Waals surface area (Å²) in [6, 6.07) is 5.35. The summed E-state index contributed by atoms with van der Waals surface area (Å²) >= 11 is 6.21. The zero-order chi connectivity index (χ0) is 18.4. The third-order valence-electron chi connectivity index (χ3n) is 3.28. The Morgan fingerprint density at radius 2 is 2.12 bits per heavy atom. The highest BCUT2D eigenvalue weighted by molar-refractivity contribution is 8.26. The molecule has 1 saturated heterocycles. The second kappa shape index (κ2) is 8.68. The van der Waals surface area contributed by atoms with Gasteiger partial charge < -0.3 is 19.5 Å². The summed E-state index contributed by atoms with van der Waals surface area (Å²) in [5, 5.41) is 2.58. The van der Waals surface area contributed by atoms with Gasteiger partial charge in [0.25, 0.3) is 5.91 Å². The molecule has 1 aliphatic heterocycles. The van der Waals surface area contributed by atoms with Gasteiger partial charge in [-0.1, -0.05) is 48.3 Å². The van der Waals surface area contributed by atoms with Gasteiger partial charge in [-0.25, -0.2) is 4.79 Å². The van der Waals surface area contributed by atoms with E-state index >= 15 is 0 Å². The smallest absolute Gasteiger partial charge is 0.343 e. The fraction of sp³-hybridized carbons (Fsp3) is 0.235. The molecule has 0 atom stereocenters. The summed E-state index contributed by atoms with van der Waals surface area (Å²) in [5.41, 5.74) is 1.47. The van der Waals surface area contributed by atoms with Crippen LogP contribution in [-0.2, 0) is 14.3 Å². The average Bonchev–Trinajstić information content (AvgIpc) is 2.95. The first-order valence-corrected chi connectivity index (χ1v) is 8.47. The van der Waals surface area contributed by atoms with Gasteiger partial charge in [-0.15, -0.1) is 0 Å². The first-order valence-electron chi connectivity index (χ1n) is 7.25. The average molecular weight is 379 g/mol. The number of benzene rings is 1. The molecule has 2 rings (SSSR count). The predicted octanol–water partition coefficient (Wildman–Crippen LogP) is 2.68. The number of esters is 1. The topological polar surface area (TPSA) is 73.9 Å². The molecule has 0 bridgehead atoms. The highest BCUT2D eigenvalue weighted by atomic mass is 32.2. The standard InChI is InChI=1S/C17H17NO5S2/c1-10(15-16(20)18-17(24)25-15)7-8-11-5-4-6-12(21-2)14(11)23-9-13(19)22-3/h4-8H,9H2,1-3H3,(H,18,20,24). The van der Waals surface area contributed by atoms with E-state index in [1.54, 1.807) is 24.3 Å². The van der Waals surface area contributed by atoms with E-state index in [9.17, 15) is 9.59 Å². The molecule has 6 nitrogen and oxygen atoms in total. The molecule has 1 amide bonds. The fourth-order valence-electron chi connectivity index (χ4n) is 2.03. The molecule has 0 unspecified atom stereocenters. The number of hydrogen-bond donors (Lipinski definition) is 1. The molecule has 1 aromatic carbocycles. The first kappa shape index (κ1) is 19.0. The van der Waals surface area contributed by atoms with E-state index in [4.69, 9.17) is 21.7 Å². The van der Waals surface area contributed by atoms with E-state index in [1.807, 2.05) is 13.0 Å². The van der Waals surface area contributed by atoms with Crippen molar-refractivity contribution in [2.45, 2.75) is 6.92 Å². The molecule has 25 heavy (non-hydrogen) atoms. The van der Waals surface area contributed by atoms with Crippen molar-refractivity contribution in [3.8, 4) is 11.5 Å². The first-order chi connectivity index (χ1) is 12.0. The number of thiocarbonyl (C=S) groups is 1. The molecule has 1 N–H and O–H groups in total. The van der Waals surface area contributed by atoms with Crippen LogP contribution in [0.2, 0.25) is 0 Å². The van der Waals surface area contributed by atoms with Crippen molar-refractivity contribution in [2.75, 3.05) is 20.8 Å². The van der Waals surface area contributed by atoms with Gasteiger partial charge in [-0.2, -0.15) is 0 Å². The Morgan fingerprint density at radius 1 is 1.36 bits per heavy atom. The lowest BCUT2D eigenvalue weighted by molar-refractivity contribution is -0.142. The third kappa shape index (κ3) is 4.83. The minimum Gasteiger partial charge on any atom is -0.493 e. The summed E-state index contributed by atoms with van der Waals surface area (Å²) in [6.45, 7) is 1.59. The van der Waals surface area contributed by atoms with Crippen molar-refractivity contribution in [3.63, 3.8) is 0 Å². The monoisotopic (exact) mass is 379 g/mol. The lowest BCUT2D eigenvalue weighted by atomic mass is 10.1. The summed E-state index contributed by atoms with van der Waals surface area (Å²) < 4.78 is 15.8. The molecular weight excluding hydrogens is 362 g/mol. The van der Waals surface area contributed by atoms with Crippen molar-refractivity contribution in [3.05, 3.63) is 40.3 Å². The summed E-state index contributed by atoms with van der Waals surface area (Å²) in [6.07, 6.45) is 3.57. The van der Waals surface area contributed by atoms with Crippen molar-refractivity contribution in [2.24, 2.45) is 0 Å². The predicted molar refractivity (Wildman–Crippen MR) is 101 cm³/mol. The Morgan fingerprint density at radius 3 is 2.72 bits per heavy atom. The van der Waals surface area contributed by atoms with Crippen molar-refractivity contribution >= 4 is 46.3 Å². The lowest BCUT2D eigenvalue weighted by Crippen LogP contribution is -2.18. The Kier molecular flexibility index (Phi) is 6.60. The normalized spacial score (nSPS) is 16.0. The maximum Gasteiger partial charge on any atom is 0.343 e. The molecule has 0 aliphatic carbocycles. The van der Waals surface area contributed by atoms with Crippen molar-refractivity contribution < 1.29 is 23.8 Å². The van der Waals surface area contributed by atoms with Crippen molar-refractivity contribution in [1.29, 1.82) is 0 Å². The SMILES string of the molecule is COC(=O)COc1c(C=CC(C)=C2SC(=S)NC2=O)cccc1OC. The van der Waals surface area contributed by atoms with E-state index in [-0.39, 0.29) is 12.5 Å². The van der Waals surface area contributed by atoms with Gasteiger partial charge in [-0.05, 0) is 18.6 Å². The number of methoxy groups -OCH3 is 2. The Balaban J connectivity index is 2.29. The van der Waals surface area contributed by atoms with Crippen LogP contribution in [0.5, 0.6) is 11.5 Å². The zero-order valence-corrected chi connectivity index (χ0v) is 15.6. The number of carbonyl (C=O) groups is 2. The van der Waals surface area contributed by atoms with Crippen LogP contribution in [0.4, 0.5) is 0 Å². The Hall–Kier alpha value is -2.32. The van der Waals surface area contributed by atoms with Crippen molar-refractivity contribution in [1.82, 2.24) is 5.32 Å². The molecule has 1 aliphatic rings. The zero-order valence-electron chi connectivity index (χ0n) is 14.0. The van der Waals surface area contributed by atoms with Gasteiger partial charge in [0, 0.05) is 5.56 Å². The van der Waals surface area contributed by atoms with Gasteiger partial charge >= 0.3 is 5.97 Å². The van der Waals surface area contributed by atoms with Gasteiger partial charge in [0.05, 0.1) is 19.1 Å². The molecule has 0 saturated carbocycles.